The van der Waals surface area contributed by atoms with Gasteiger partial charge in [-0.2, -0.15) is 0 Å². The van der Waals surface area contributed by atoms with Crippen LogP contribution in [0.2, 0.25) is 0 Å². The Bertz CT molecular complexity index is 376. The van der Waals surface area contributed by atoms with Crippen molar-refractivity contribution in [1.82, 2.24) is 4.98 Å². The third kappa shape index (κ3) is 2.99. The van der Waals surface area contributed by atoms with Gasteiger partial charge in [0.1, 0.15) is 5.82 Å². The van der Waals surface area contributed by atoms with E-state index in [4.69, 9.17) is 0 Å². The highest BCUT2D eigenvalue weighted by Gasteiger charge is 2.20. The first kappa shape index (κ1) is 12.8. The molecule has 2 heterocycles. The second-order valence-corrected chi connectivity index (χ2v) is 5.55. The van der Waals surface area contributed by atoms with Crippen LogP contribution in [0.3, 0.4) is 0 Å². The summed E-state index contributed by atoms with van der Waals surface area (Å²) in [5.41, 5.74) is 0.911. The molecule has 0 aliphatic carbocycles. The van der Waals surface area contributed by atoms with Crippen molar-refractivity contribution in [1.29, 1.82) is 0 Å². The van der Waals surface area contributed by atoms with Gasteiger partial charge in [0.2, 0.25) is 0 Å². The van der Waals surface area contributed by atoms with Crippen LogP contribution in [0.5, 0.6) is 0 Å². The molecule has 94 valence electrons. The highest BCUT2D eigenvalue weighted by molar-refractivity contribution is 9.10. The van der Waals surface area contributed by atoms with Gasteiger partial charge in [0.15, 0.2) is 0 Å². The highest BCUT2D eigenvalue weighted by Crippen LogP contribution is 2.27. The Morgan fingerprint density at radius 2 is 2.18 bits per heavy atom. The number of aliphatic hydroxyl groups is 1. The summed E-state index contributed by atoms with van der Waals surface area (Å²) in [6.45, 7) is 4.42. The number of anilines is 1. The average molecular weight is 299 g/mol. The van der Waals surface area contributed by atoms with Crippen LogP contribution in [-0.2, 0) is 6.61 Å². The lowest BCUT2D eigenvalue weighted by Crippen LogP contribution is -2.34. The van der Waals surface area contributed by atoms with E-state index in [1.54, 1.807) is 6.20 Å². The molecule has 1 aromatic heterocycles. The maximum Gasteiger partial charge on any atom is 0.134 e. The molecule has 17 heavy (non-hydrogen) atoms. The van der Waals surface area contributed by atoms with Gasteiger partial charge in [-0.15, -0.1) is 0 Å². The third-order valence-electron chi connectivity index (χ3n) is 3.57. The molecule has 0 spiro atoms. The molecule has 0 bridgehead atoms. The van der Waals surface area contributed by atoms with Crippen LogP contribution in [0, 0.1) is 5.92 Å². The summed E-state index contributed by atoms with van der Waals surface area (Å²) in [4.78, 5) is 6.74. The Balaban J connectivity index is 2.12. The summed E-state index contributed by atoms with van der Waals surface area (Å²) in [7, 11) is 0. The van der Waals surface area contributed by atoms with Crippen LogP contribution in [0.1, 0.15) is 31.7 Å². The van der Waals surface area contributed by atoms with E-state index < -0.39 is 0 Å². The largest absolute Gasteiger partial charge is 0.392 e. The van der Waals surface area contributed by atoms with Crippen LogP contribution in [0.4, 0.5) is 5.82 Å². The molecule has 0 saturated carbocycles. The van der Waals surface area contributed by atoms with Crippen molar-refractivity contribution >= 4 is 21.7 Å². The fourth-order valence-electron chi connectivity index (χ4n) is 2.43. The molecule has 3 nitrogen and oxygen atoms in total. The number of hydrogen-bond donors (Lipinski definition) is 1. The smallest absolute Gasteiger partial charge is 0.134 e. The van der Waals surface area contributed by atoms with Crippen molar-refractivity contribution in [2.75, 3.05) is 18.0 Å². The Labute approximate surface area is 111 Å². The van der Waals surface area contributed by atoms with E-state index in [9.17, 15) is 5.11 Å². The lowest BCUT2D eigenvalue weighted by Gasteiger charge is -2.33. The summed E-state index contributed by atoms with van der Waals surface area (Å²) >= 11 is 3.39. The number of nitrogens with zero attached hydrogens (tertiary/aromatic N) is 2. The van der Waals surface area contributed by atoms with Gasteiger partial charge in [-0.05, 0) is 40.8 Å². The van der Waals surface area contributed by atoms with E-state index in [-0.39, 0.29) is 6.61 Å². The molecule has 1 aliphatic heterocycles. The molecule has 0 atom stereocenters. The van der Waals surface area contributed by atoms with Crippen molar-refractivity contribution in [2.45, 2.75) is 32.8 Å². The normalized spacial score (nSPS) is 17.5. The Kier molecular flexibility index (Phi) is 4.40. The van der Waals surface area contributed by atoms with Gasteiger partial charge >= 0.3 is 0 Å². The summed E-state index contributed by atoms with van der Waals surface area (Å²) in [6, 6.07) is 1.95. The second-order valence-electron chi connectivity index (χ2n) is 4.63. The number of hydrogen-bond acceptors (Lipinski definition) is 3. The zero-order chi connectivity index (χ0) is 12.3. The number of halogens is 1. The minimum Gasteiger partial charge on any atom is -0.392 e. The fourth-order valence-corrected chi connectivity index (χ4v) is 2.81. The van der Waals surface area contributed by atoms with E-state index in [2.05, 4.69) is 32.7 Å². The van der Waals surface area contributed by atoms with Crippen LogP contribution in [0.25, 0.3) is 0 Å². The number of rotatable bonds is 3. The molecular weight excluding hydrogens is 280 g/mol. The SMILES string of the molecule is CCC1CCN(c2ncc(Br)cc2CO)CC1. The molecule has 0 unspecified atom stereocenters. The first-order valence-corrected chi connectivity index (χ1v) is 7.04. The van der Waals surface area contributed by atoms with Crippen molar-refractivity contribution < 1.29 is 5.11 Å². The molecule has 1 saturated heterocycles. The van der Waals surface area contributed by atoms with Crippen LogP contribution in [-0.4, -0.2) is 23.2 Å². The van der Waals surface area contributed by atoms with Gasteiger partial charge in [0.25, 0.3) is 0 Å². The van der Waals surface area contributed by atoms with E-state index in [1.807, 2.05) is 6.07 Å². The first-order valence-electron chi connectivity index (χ1n) is 6.24. The van der Waals surface area contributed by atoms with Gasteiger partial charge in [-0.3, -0.25) is 0 Å². The van der Waals surface area contributed by atoms with Crippen LogP contribution >= 0.6 is 15.9 Å². The molecule has 4 heteroatoms. The quantitative estimate of drug-likeness (QED) is 0.932. The van der Waals surface area contributed by atoms with Gasteiger partial charge < -0.3 is 10.0 Å². The molecule has 0 aromatic carbocycles. The maximum absolute atomic E-state index is 9.38. The monoisotopic (exact) mass is 298 g/mol. The Hall–Kier alpha value is -0.610. The molecule has 0 amide bonds. The van der Waals surface area contributed by atoms with E-state index in [0.717, 1.165) is 34.9 Å². The number of piperidine rings is 1. The van der Waals surface area contributed by atoms with Crippen molar-refractivity contribution in [3.8, 4) is 0 Å². The molecule has 0 radical (unpaired) electrons. The molecule has 1 aromatic rings. The second kappa shape index (κ2) is 5.83. The molecular formula is C13H19BrN2O. The summed E-state index contributed by atoms with van der Waals surface area (Å²) in [6.07, 6.45) is 5.55. The summed E-state index contributed by atoms with van der Waals surface area (Å²) in [5, 5.41) is 9.38. The Morgan fingerprint density at radius 1 is 1.47 bits per heavy atom. The zero-order valence-corrected chi connectivity index (χ0v) is 11.8. The molecule has 2 rings (SSSR count). The highest BCUT2D eigenvalue weighted by atomic mass is 79.9. The summed E-state index contributed by atoms with van der Waals surface area (Å²) < 4.78 is 0.925. The first-order chi connectivity index (χ1) is 8.24. The number of aromatic nitrogens is 1. The molecule has 1 N–H and O–H groups in total. The Morgan fingerprint density at radius 3 is 2.76 bits per heavy atom. The van der Waals surface area contributed by atoms with Crippen LogP contribution in [0.15, 0.2) is 16.7 Å². The number of pyridine rings is 1. The zero-order valence-electron chi connectivity index (χ0n) is 10.2. The minimum atomic E-state index is 0.0511. The van der Waals surface area contributed by atoms with E-state index in [1.165, 1.54) is 19.3 Å². The maximum atomic E-state index is 9.38. The fraction of sp³-hybridized carbons (Fsp3) is 0.615. The predicted molar refractivity (Wildman–Crippen MR) is 73.1 cm³/mol. The van der Waals surface area contributed by atoms with E-state index >= 15 is 0 Å². The van der Waals surface area contributed by atoms with Gasteiger partial charge in [-0.25, -0.2) is 4.98 Å². The molecule has 1 fully saturated rings. The van der Waals surface area contributed by atoms with Crippen molar-refractivity contribution in [2.24, 2.45) is 5.92 Å². The van der Waals surface area contributed by atoms with Gasteiger partial charge in [0, 0.05) is 29.3 Å². The van der Waals surface area contributed by atoms with Crippen LogP contribution < -0.4 is 4.90 Å². The standard InChI is InChI=1S/C13H19BrN2O/c1-2-10-3-5-16(6-4-10)13-11(9-17)7-12(14)8-15-13/h7-8,10,17H,2-6,9H2,1H3. The molecule has 1 aliphatic rings. The van der Waals surface area contributed by atoms with Crippen molar-refractivity contribution in [3.05, 3.63) is 22.3 Å². The van der Waals surface area contributed by atoms with E-state index in [0.29, 0.717) is 0 Å². The van der Waals surface area contributed by atoms with Crippen molar-refractivity contribution in [3.63, 3.8) is 0 Å². The third-order valence-corrected chi connectivity index (χ3v) is 4.00. The predicted octanol–water partition coefficient (Wildman–Crippen LogP) is 2.96. The lowest BCUT2D eigenvalue weighted by atomic mass is 9.94. The lowest BCUT2D eigenvalue weighted by molar-refractivity contribution is 0.281. The number of aliphatic hydroxyl groups excluding tert-OH is 1. The minimum absolute atomic E-state index is 0.0511. The van der Waals surface area contributed by atoms with Gasteiger partial charge in [0.05, 0.1) is 6.61 Å². The topological polar surface area (TPSA) is 36.4 Å². The summed E-state index contributed by atoms with van der Waals surface area (Å²) in [5.74, 6) is 1.81. The average Bonchev–Trinajstić information content (AvgIpc) is 2.39. The van der Waals surface area contributed by atoms with Gasteiger partial charge in [-0.1, -0.05) is 13.3 Å².